The molecule has 0 fully saturated rings. The van der Waals surface area contributed by atoms with Gasteiger partial charge in [-0.25, -0.2) is 14.8 Å². The Kier molecular flexibility index (Phi) is 5.43. The van der Waals surface area contributed by atoms with Crippen LogP contribution >= 0.6 is 0 Å². The molecule has 3 rings (SSSR count). The Hall–Kier alpha value is -3.23. The number of H-pyrrole nitrogens is 1. The van der Waals surface area contributed by atoms with E-state index in [0.717, 1.165) is 27.1 Å². The second-order valence-electron chi connectivity index (χ2n) is 6.88. The number of fused-ring (bicyclic) bond motifs is 1. The number of carbonyl (C=O) groups excluding carboxylic acids is 1. The summed E-state index contributed by atoms with van der Waals surface area (Å²) in [5.74, 6) is -0.0632. The SMILES string of the molecule is Cc1nc2c(c(C)c1CCC(=O)NCCc1cnc[nH]1)c(=O)n(C)c(=O)n2C. The molecule has 28 heavy (non-hydrogen) atoms. The fourth-order valence-corrected chi connectivity index (χ4v) is 3.39. The van der Waals surface area contributed by atoms with E-state index >= 15 is 0 Å². The van der Waals surface area contributed by atoms with Crippen LogP contribution in [0.25, 0.3) is 11.0 Å². The predicted molar refractivity (Wildman–Crippen MR) is 105 cm³/mol. The number of imidazole rings is 1. The van der Waals surface area contributed by atoms with E-state index in [2.05, 4.69) is 20.3 Å². The van der Waals surface area contributed by atoms with E-state index in [9.17, 15) is 14.4 Å². The Bertz CT molecular complexity index is 1140. The zero-order valence-corrected chi connectivity index (χ0v) is 16.5. The first kappa shape index (κ1) is 19.5. The van der Waals surface area contributed by atoms with Gasteiger partial charge in [0.25, 0.3) is 5.56 Å². The Balaban J connectivity index is 1.79. The van der Waals surface area contributed by atoms with Crippen molar-refractivity contribution >= 4 is 16.9 Å². The monoisotopic (exact) mass is 384 g/mol. The number of nitrogens with one attached hydrogen (secondary N) is 2. The molecule has 0 saturated carbocycles. The lowest BCUT2D eigenvalue weighted by molar-refractivity contribution is -0.121. The van der Waals surface area contributed by atoms with E-state index in [0.29, 0.717) is 36.8 Å². The van der Waals surface area contributed by atoms with Crippen LogP contribution in [0.1, 0.15) is 28.9 Å². The van der Waals surface area contributed by atoms with E-state index < -0.39 is 5.69 Å². The first-order chi connectivity index (χ1) is 13.3. The molecule has 2 N–H and O–H groups in total. The minimum Gasteiger partial charge on any atom is -0.356 e. The third kappa shape index (κ3) is 3.60. The molecule has 3 heterocycles. The van der Waals surface area contributed by atoms with Crippen molar-refractivity contribution in [3.8, 4) is 0 Å². The fraction of sp³-hybridized carbons (Fsp3) is 0.421. The summed E-state index contributed by atoms with van der Waals surface area (Å²) in [6.45, 7) is 4.20. The van der Waals surface area contributed by atoms with E-state index in [1.54, 1.807) is 19.6 Å². The number of aromatic nitrogens is 5. The Morgan fingerprint density at radius 3 is 2.61 bits per heavy atom. The normalized spacial score (nSPS) is 11.1. The van der Waals surface area contributed by atoms with Crippen LogP contribution in [-0.2, 0) is 31.7 Å². The molecule has 0 bridgehead atoms. The van der Waals surface area contributed by atoms with Gasteiger partial charge in [-0.05, 0) is 31.4 Å². The van der Waals surface area contributed by atoms with Gasteiger partial charge in [0, 0.05) is 51.1 Å². The molecule has 148 valence electrons. The number of hydrogen-bond donors (Lipinski definition) is 2. The van der Waals surface area contributed by atoms with Gasteiger partial charge in [-0.2, -0.15) is 0 Å². The number of aryl methyl sites for hydroxylation is 3. The van der Waals surface area contributed by atoms with Crippen molar-refractivity contribution < 1.29 is 4.79 Å². The summed E-state index contributed by atoms with van der Waals surface area (Å²) in [4.78, 5) is 48.3. The molecule has 0 aliphatic heterocycles. The highest BCUT2D eigenvalue weighted by Crippen LogP contribution is 2.20. The molecular formula is C19H24N6O3. The highest BCUT2D eigenvalue weighted by Gasteiger charge is 2.17. The van der Waals surface area contributed by atoms with Crippen molar-refractivity contribution in [2.75, 3.05) is 6.54 Å². The summed E-state index contributed by atoms with van der Waals surface area (Å²) < 4.78 is 2.46. The van der Waals surface area contributed by atoms with Crippen LogP contribution in [0, 0.1) is 13.8 Å². The van der Waals surface area contributed by atoms with Gasteiger partial charge in [0.05, 0.1) is 11.7 Å². The van der Waals surface area contributed by atoms with Gasteiger partial charge < -0.3 is 10.3 Å². The van der Waals surface area contributed by atoms with Crippen molar-refractivity contribution in [1.82, 2.24) is 29.4 Å². The van der Waals surface area contributed by atoms with Gasteiger partial charge in [0.1, 0.15) is 5.65 Å². The van der Waals surface area contributed by atoms with Crippen LogP contribution in [0.3, 0.4) is 0 Å². The Morgan fingerprint density at radius 2 is 1.93 bits per heavy atom. The highest BCUT2D eigenvalue weighted by molar-refractivity contribution is 5.80. The summed E-state index contributed by atoms with van der Waals surface area (Å²) in [5.41, 5.74) is 2.92. The lowest BCUT2D eigenvalue weighted by Gasteiger charge is -2.14. The zero-order chi connectivity index (χ0) is 20.4. The number of nitrogens with zero attached hydrogens (tertiary/aromatic N) is 4. The molecule has 1 amide bonds. The number of hydrogen-bond acceptors (Lipinski definition) is 5. The van der Waals surface area contributed by atoms with Crippen molar-refractivity contribution in [3.05, 3.63) is 55.9 Å². The highest BCUT2D eigenvalue weighted by atomic mass is 16.2. The molecule has 0 atom stereocenters. The molecule has 9 nitrogen and oxygen atoms in total. The summed E-state index contributed by atoms with van der Waals surface area (Å²) in [7, 11) is 3.05. The minimum absolute atomic E-state index is 0.0632. The van der Waals surface area contributed by atoms with E-state index in [-0.39, 0.29) is 11.5 Å². The molecule has 3 aromatic rings. The summed E-state index contributed by atoms with van der Waals surface area (Å²) in [5, 5.41) is 3.31. The molecule has 3 aromatic heterocycles. The molecular weight excluding hydrogens is 360 g/mol. The van der Waals surface area contributed by atoms with Crippen LogP contribution in [0.2, 0.25) is 0 Å². The fourth-order valence-electron chi connectivity index (χ4n) is 3.39. The van der Waals surface area contributed by atoms with Crippen molar-refractivity contribution in [2.45, 2.75) is 33.1 Å². The van der Waals surface area contributed by atoms with Crippen molar-refractivity contribution in [3.63, 3.8) is 0 Å². The largest absolute Gasteiger partial charge is 0.356 e. The number of pyridine rings is 1. The maximum Gasteiger partial charge on any atom is 0.332 e. The van der Waals surface area contributed by atoms with Gasteiger partial charge in [0.2, 0.25) is 5.91 Å². The third-order valence-electron chi connectivity index (χ3n) is 5.05. The number of carbonyl (C=O) groups is 1. The predicted octanol–water partition coefficient (Wildman–Crippen LogP) is 0.264. The standard InChI is InChI=1S/C19H24N6O3/c1-11-14(5-6-15(26)21-8-7-13-9-20-10-22-13)12(2)23-17-16(11)18(27)25(4)19(28)24(17)3/h9-10H,5-8H2,1-4H3,(H,20,22)(H,21,26). The maximum atomic E-state index is 12.6. The van der Waals surface area contributed by atoms with Crippen LogP contribution in [-0.4, -0.2) is 36.5 Å². The topological polar surface area (TPSA) is 115 Å². The molecule has 9 heteroatoms. The lowest BCUT2D eigenvalue weighted by Crippen LogP contribution is -2.38. The van der Waals surface area contributed by atoms with Gasteiger partial charge in [0.15, 0.2) is 0 Å². The number of rotatable bonds is 6. The van der Waals surface area contributed by atoms with Gasteiger partial charge >= 0.3 is 5.69 Å². The first-order valence-electron chi connectivity index (χ1n) is 9.11. The molecule has 0 unspecified atom stereocenters. The van der Waals surface area contributed by atoms with Crippen LogP contribution in [0.15, 0.2) is 22.1 Å². The molecule has 0 radical (unpaired) electrons. The molecule has 0 aliphatic rings. The summed E-state index contributed by atoms with van der Waals surface area (Å²) in [6.07, 6.45) is 4.79. The van der Waals surface area contributed by atoms with Crippen LogP contribution in [0.4, 0.5) is 0 Å². The quantitative estimate of drug-likeness (QED) is 0.633. The van der Waals surface area contributed by atoms with Crippen LogP contribution in [0.5, 0.6) is 0 Å². The van der Waals surface area contributed by atoms with Gasteiger partial charge in [-0.15, -0.1) is 0 Å². The lowest BCUT2D eigenvalue weighted by atomic mass is 10.00. The first-order valence-corrected chi connectivity index (χ1v) is 9.11. The average Bonchev–Trinajstić information content (AvgIpc) is 3.17. The average molecular weight is 384 g/mol. The maximum absolute atomic E-state index is 12.6. The Morgan fingerprint density at radius 1 is 1.18 bits per heavy atom. The molecule has 0 aromatic carbocycles. The summed E-state index contributed by atoms with van der Waals surface area (Å²) >= 11 is 0. The molecule has 0 aliphatic carbocycles. The number of amides is 1. The second-order valence-corrected chi connectivity index (χ2v) is 6.88. The van der Waals surface area contributed by atoms with Gasteiger partial charge in [-0.1, -0.05) is 0 Å². The molecule has 0 spiro atoms. The second kappa shape index (κ2) is 7.79. The summed E-state index contributed by atoms with van der Waals surface area (Å²) in [6, 6.07) is 0. The zero-order valence-electron chi connectivity index (χ0n) is 16.5. The van der Waals surface area contributed by atoms with Gasteiger partial charge in [-0.3, -0.25) is 18.7 Å². The Labute approximate surface area is 161 Å². The van der Waals surface area contributed by atoms with E-state index in [1.807, 2.05) is 13.8 Å². The van der Waals surface area contributed by atoms with E-state index in [4.69, 9.17) is 0 Å². The van der Waals surface area contributed by atoms with Crippen molar-refractivity contribution in [2.24, 2.45) is 14.1 Å². The third-order valence-corrected chi connectivity index (χ3v) is 5.05. The van der Waals surface area contributed by atoms with Crippen molar-refractivity contribution in [1.29, 1.82) is 0 Å². The van der Waals surface area contributed by atoms with Crippen LogP contribution < -0.4 is 16.6 Å². The number of aromatic amines is 1. The minimum atomic E-state index is -0.409. The van der Waals surface area contributed by atoms with E-state index in [1.165, 1.54) is 11.6 Å². The molecule has 0 saturated heterocycles. The smallest absolute Gasteiger partial charge is 0.332 e.